The van der Waals surface area contributed by atoms with Crippen LogP contribution in [0.5, 0.6) is 11.5 Å². The van der Waals surface area contributed by atoms with E-state index in [0.29, 0.717) is 21.9 Å². The van der Waals surface area contributed by atoms with Crippen LogP contribution in [-0.4, -0.2) is 25.2 Å². The predicted octanol–water partition coefficient (Wildman–Crippen LogP) is 3.92. The maximum atomic E-state index is 12.4. The maximum Gasteiger partial charge on any atom is 0.343 e. The molecular formula is C20H15ClN2O5. The molecule has 0 saturated heterocycles. The van der Waals surface area contributed by atoms with E-state index in [9.17, 15) is 9.59 Å². The van der Waals surface area contributed by atoms with Gasteiger partial charge in [0.25, 0.3) is 0 Å². The smallest absolute Gasteiger partial charge is 0.343 e. The lowest BCUT2D eigenvalue weighted by Gasteiger charge is -2.08. The number of rotatable bonds is 6. The number of hydrazone groups is 1. The molecule has 0 unspecified atom stereocenters. The molecule has 3 rings (SSSR count). The van der Waals surface area contributed by atoms with Crippen LogP contribution in [0, 0.1) is 0 Å². The molecule has 0 spiro atoms. The van der Waals surface area contributed by atoms with Crippen molar-refractivity contribution < 1.29 is 23.5 Å². The van der Waals surface area contributed by atoms with Crippen molar-refractivity contribution in [2.24, 2.45) is 5.10 Å². The van der Waals surface area contributed by atoms with Gasteiger partial charge in [0.15, 0.2) is 5.76 Å². The van der Waals surface area contributed by atoms with Crippen molar-refractivity contribution in [3.8, 4) is 11.5 Å². The Morgan fingerprint density at radius 3 is 2.61 bits per heavy atom. The van der Waals surface area contributed by atoms with E-state index >= 15 is 0 Å². The van der Waals surface area contributed by atoms with Crippen LogP contribution >= 0.6 is 11.6 Å². The number of furan rings is 1. The van der Waals surface area contributed by atoms with Gasteiger partial charge in [0.05, 0.1) is 25.2 Å². The third-order valence-electron chi connectivity index (χ3n) is 3.61. The molecular weight excluding hydrogens is 384 g/mol. The molecule has 0 fully saturated rings. The number of carbonyl (C=O) groups excluding carboxylic acids is 2. The van der Waals surface area contributed by atoms with Gasteiger partial charge in [0, 0.05) is 10.6 Å². The summed E-state index contributed by atoms with van der Waals surface area (Å²) in [6.45, 7) is 0. The van der Waals surface area contributed by atoms with E-state index in [0.717, 1.165) is 0 Å². The topological polar surface area (TPSA) is 90.1 Å². The third-order valence-corrected chi connectivity index (χ3v) is 3.85. The van der Waals surface area contributed by atoms with Crippen LogP contribution in [0.1, 0.15) is 26.5 Å². The highest BCUT2D eigenvalue weighted by molar-refractivity contribution is 6.31. The molecule has 0 aliphatic rings. The molecule has 1 N–H and O–H groups in total. The molecule has 0 aliphatic carbocycles. The minimum atomic E-state index is -0.556. The molecule has 1 heterocycles. The SMILES string of the molecule is COc1ccc(C(=O)Oc2ccc(Cl)cc2/C=N/NC(=O)c2ccco2)cc1. The van der Waals surface area contributed by atoms with Gasteiger partial charge in [0.1, 0.15) is 11.5 Å². The standard InChI is InChI=1S/C20H15ClN2O5/c1-26-16-7-4-13(5-8-16)20(25)28-17-9-6-15(21)11-14(17)12-22-23-19(24)18-3-2-10-27-18/h2-12H,1H3,(H,23,24)/b22-12+. The van der Waals surface area contributed by atoms with E-state index in [4.69, 9.17) is 25.5 Å². The molecule has 0 radical (unpaired) electrons. The fraction of sp³-hybridized carbons (Fsp3) is 0.0500. The number of nitrogens with one attached hydrogen (secondary N) is 1. The third kappa shape index (κ3) is 4.77. The van der Waals surface area contributed by atoms with Gasteiger partial charge in [-0.25, -0.2) is 10.2 Å². The van der Waals surface area contributed by atoms with Crippen LogP contribution in [0.3, 0.4) is 0 Å². The van der Waals surface area contributed by atoms with Gasteiger partial charge in [-0.15, -0.1) is 0 Å². The number of amides is 1. The first kappa shape index (κ1) is 19.2. The quantitative estimate of drug-likeness (QED) is 0.294. The highest BCUT2D eigenvalue weighted by Gasteiger charge is 2.12. The second kappa shape index (κ2) is 8.88. The van der Waals surface area contributed by atoms with Crippen molar-refractivity contribution in [2.75, 3.05) is 7.11 Å². The number of esters is 1. The van der Waals surface area contributed by atoms with Gasteiger partial charge in [-0.3, -0.25) is 4.79 Å². The Morgan fingerprint density at radius 2 is 1.93 bits per heavy atom. The molecule has 0 aliphatic heterocycles. The number of methoxy groups -OCH3 is 1. The minimum Gasteiger partial charge on any atom is -0.497 e. The molecule has 0 saturated carbocycles. The van der Waals surface area contributed by atoms with Gasteiger partial charge in [-0.2, -0.15) is 5.10 Å². The van der Waals surface area contributed by atoms with E-state index in [1.807, 2.05) is 0 Å². The molecule has 0 atom stereocenters. The van der Waals surface area contributed by atoms with E-state index in [1.54, 1.807) is 48.5 Å². The molecule has 142 valence electrons. The second-order valence-corrected chi connectivity index (χ2v) is 5.91. The highest BCUT2D eigenvalue weighted by Crippen LogP contribution is 2.23. The number of ether oxygens (including phenoxy) is 2. The number of benzene rings is 2. The van der Waals surface area contributed by atoms with Gasteiger partial charge >= 0.3 is 11.9 Å². The van der Waals surface area contributed by atoms with E-state index in [-0.39, 0.29) is 11.5 Å². The first-order chi connectivity index (χ1) is 13.6. The molecule has 2 aromatic carbocycles. The zero-order chi connectivity index (χ0) is 19.9. The van der Waals surface area contributed by atoms with Crippen LogP contribution in [0.2, 0.25) is 5.02 Å². The van der Waals surface area contributed by atoms with Gasteiger partial charge in [-0.05, 0) is 54.6 Å². The average Bonchev–Trinajstić information content (AvgIpc) is 3.25. The Bertz CT molecular complexity index is 998. The van der Waals surface area contributed by atoms with Crippen molar-refractivity contribution in [1.82, 2.24) is 5.43 Å². The molecule has 7 nitrogen and oxygen atoms in total. The minimum absolute atomic E-state index is 0.120. The molecule has 1 amide bonds. The van der Waals surface area contributed by atoms with Crippen molar-refractivity contribution in [1.29, 1.82) is 0 Å². The fourth-order valence-electron chi connectivity index (χ4n) is 2.22. The largest absolute Gasteiger partial charge is 0.497 e. The molecule has 1 aromatic heterocycles. The van der Waals surface area contributed by atoms with Gasteiger partial charge in [-0.1, -0.05) is 11.6 Å². The van der Waals surface area contributed by atoms with Crippen molar-refractivity contribution in [2.45, 2.75) is 0 Å². The highest BCUT2D eigenvalue weighted by atomic mass is 35.5. The summed E-state index contributed by atoms with van der Waals surface area (Å²) in [5.74, 6) is -0.0851. The van der Waals surface area contributed by atoms with Crippen molar-refractivity contribution in [3.05, 3.63) is 82.8 Å². The van der Waals surface area contributed by atoms with Crippen LogP contribution in [0.4, 0.5) is 0 Å². The van der Waals surface area contributed by atoms with Crippen molar-refractivity contribution in [3.63, 3.8) is 0 Å². The van der Waals surface area contributed by atoms with Gasteiger partial charge in [0.2, 0.25) is 0 Å². The summed E-state index contributed by atoms with van der Waals surface area (Å²) in [4.78, 5) is 24.2. The summed E-state index contributed by atoms with van der Waals surface area (Å²) in [6.07, 6.45) is 2.70. The first-order valence-electron chi connectivity index (χ1n) is 8.09. The van der Waals surface area contributed by atoms with Crippen LogP contribution < -0.4 is 14.9 Å². The lowest BCUT2D eigenvalue weighted by atomic mass is 10.2. The zero-order valence-electron chi connectivity index (χ0n) is 14.7. The first-order valence-corrected chi connectivity index (χ1v) is 8.47. The van der Waals surface area contributed by atoms with Crippen LogP contribution in [0.25, 0.3) is 0 Å². The van der Waals surface area contributed by atoms with Crippen LogP contribution in [0.15, 0.2) is 70.4 Å². The second-order valence-electron chi connectivity index (χ2n) is 5.48. The van der Waals surface area contributed by atoms with Crippen LogP contribution in [-0.2, 0) is 0 Å². The summed E-state index contributed by atoms with van der Waals surface area (Å²) >= 11 is 6.01. The molecule has 0 bridgehead atoms. The lowest BCUT2D eigenvalue weighted by molar-refractivity contribution is 0.0734. The van der Waals surface area contributed by atoms with Gasteiger partial charge < -0.3 is 13.9 Å². The molecule has 8 heteroatoms. The Hall–Kier alpha value is -3.58. The summed E-state index contributed by atoms with van der Waals surface area (Å²) in [6, 6.07) is 14.3. The molecule has 3 aromatic rings. The number of halogens is 1. The Kier molecular flexibility index (Phi) is 6.08. The zero-order valence-corrected chi connectivity index (χ0v) is 15.5. The summed E-state index contributed by atoms with van der Waals surface area (Å²) in [7, 11) is 1.54. The van der Waals surface area contributed by atoms with E-state index in [1.165, 1.54) is 25.7 Å². The molecule has 28 heavy (non-hydrogen) atoms. The number of nitrogens with zero attached hydrogens (tertiary/aromatic N) is 1. The monoisotopic (exact) mass is 398 g/mol. The lowest BCUT2D eigenvalue weighted by Crippen LogP contribution is -2.17. The number of hydrogen-bond acceptors (Lipinski definition) is 6. The maximum absolute atomic E-state index is 12.4. The Morgan fingerprint density at radius 1 is 1.14 bits per heavy atom. The van der Waals surface area contributed by atoms with E-state index < -0.39 is 11.9 Å². The predicted molar refractivity (Wildman–Crippen MR) is 103 cm³/mol. The number of hydrogen-bond donors (Lipinski definition) is 1. The van der Waals surface area contributed by atoms with Crippen molar-refractivity contribution >= 4 is 29.7 Å². The average molecular weight is 399 g/mol. The Labute approximate surface area is 165 Å². The Balaban J connectivity index is 1.73. The normalized spacial score (nSPS) is 10.6. The fourth-order valence-corrected chi connectivity index (χ4v) is 2.40. The number of carbonyl (C=O) groups is 2. The summed E-state index contributed by atoms with van der Waals surface area (Å²) in [5.41, 5.74) is 3.08. The van der Waals surface area contributed by atoms with E-state index in [2.05, 4.69) is 10.5 Å². The summed E-state index contributed by atoms with van der Waals surface area (Å²) < 4.78 is 15.5. The summed E-state index contributed by atoms with van der Waals surface area (Å²) in [5, 5.41) is 4.27.